The number of aliphatic hydroxyl groups is 1. The summed E-state index contributed by atoms with van der Waals surface area (Å²) >= 11 is 3.52. The van der Waals surface area contributed by atoms with E-state index in [1.165, 1.54) is 6.33 Å². The molecular weight excluding hydrogens is 296 g/mol. The second kappa shape index (κ2) is 4.51. The first-order chi connectivity index (χ1) is 8.66. The van der Waals surface area contributed by atoms with Crippen molar-refractivity contribution in [3.8, 4) is 0 Å². The first-order valence-electron chi connectivity index (χ1n) is 6.12. The normalized spacial score (nSPS) is 24.6. The summed E-state index contributed by atoms with van der Waals surface area (Å²) in [6.45, 7) is 0. The van der Waals surface area contributed by atoms with Gasteiger partial charge in [0.05, 0.1) is 6.10 Å². The molecule has 0 spiro atoms. The summed E-state index contributed by atoms with van der Waals surface area (Å²) in [7, 11) is 0. The van der Waals surface area contributed by atoms with Crippen LogP contribution >= 0.6 is 15.9 Å². The Labute approximate surface area is 113 Å². The lowest BCUT2D eigenvalue weighted by molar-refractivity contribution is 0.121. The number of halogens is 1. The van der Waals surface area contributed by atoms with Gasteiger partial charge in [-0.15, -0.1) is 0 Å². The average Bonchev–Trinajstić information content (AvgIpc) is 2.69. The molecule has 0 amide bonds. The fraction of sp³-hybridized carbons (Fsp3) is 0.500. The molecule has 0 aromatic carbocycles. The summed E-state index contributed by atoms with van der Waals surface area (Å²) in [6, 6.07) is 2.07. The molecule has 0 bridgehead atoms. The molecule has 5 nitrogen and oxygen atoms in total. The molecule has 0 aliphatic heterocycles. The minimum absolute atomic E-state index is 0.143. The number of aromatic nitrogens is 3. The Balaban J connectivity index is 2.05. The maximum Gasteiger partial charge on any atom is 0.152 e. The van der Waals surface area contributed by atoms with Gasteiger partial charge < -0.3 is 10.8 Å². The van der Waals surface area contributed by atoms with Crippen molar-refractivity contribution in [3.63, 3.8) is 0 Å². The largest absolute Gasteiger partial charge is 0.393 e. The van der Waals surface area contributed by atoms with Crippen LogP contribution in [-0.4, -0.2) is 25.8 Å². The van der Waals surface area contributed by atoms with Crippen LogP contribution in [0.4, 0.5) is 5.82 Å². The molecule has 6 heteroatoms. The molecule has 1 saturated carbocycles. The van der Waals surface area contributed by atoms with Crippen molar-refractivity contribution in [1.29, 1.82) is 0 Å². The van der Waals surface area contributed by atoms with E-state index in [4.69, 9.17) is 5.73 Å². The zero-order chi connectivity index (χ0) is 12.7. The van der Waals surface area contributed by atoms with E-state index in [1.54, 1.807) is 0 Å². The van der Waals surface area contributed by atoms with Gasteiger partial charge in [-0.1, -0.05) is 0 Å². The van der Waals surface area contributed by atoms with Crippen molar-refractivity contribution in [3.05, 3.63) is 22.6 Å². The van der Waals surface area contributed by atoms with Gasteiger partial charge in [-0.3, -0.25) is 0 Å². The monoisotopic (exact) mass is 310 g/mol. The smallest absolute Gasteiger partial charge is 0.152 e. The van der Waals surface area contributed by atoms with Crippen LogP contribution in [0.5, 0.6) is 0 Å². The van der Waals surface area contributed by atoms with Gasteiger partial charge in [0.15, 0.2) is 5.82 Å². The summed E-state index contributed by atoms with van der Waals surface area (Å²) in [5, 5.41) is 13.9. The number of nitrogens with zero attached hydrogens (tertiary/aromatic N) is 3. The van der Waals surface area contributed by atoms with E-state index >= 15 is 0 Å². The summed E-state index contributed by atoms with van der Waals surface area (Å²) < 4.78 is 2.80. The molecule has 0 saturated heterocycles. The van der Waals surface area contributed by atoms with E-state index in [0.29, 0.717) is 11.7 Å². The minimum atomic E-state index is -0.143. The number of hydrogen-bond donors (Lipinski definition) is 2. The Morgan fingerprint density at radius 2 is 2.06 bits per heavy atom. The van der Waals surface area contributed by atoms with E-state index in [0.717, 1.165) is 41.4 Å². The third-order valence-corrected chi connectivity index (χ3v) is 4.28. The van der Waals surface area contributed by atoms with Gasteiger partial charge in [-0.2, -0.15) is 5.10 Å². The van der Waals surface area contributed by atoms with Gasteiger partial charge in [0.2, 0.25) is 0 Å². The summed E-state index contributed by atoms with van der Waals surface area (Å²) in [5.41, 5.74) is 7.86. The fourth-order valence-corrected chi connectivity index (χ4v) is 3.31. The van der Waals surface area contributed by atoms with E-state index in [-0.39, 0.29) is 6.10 Å². The zero-order valence-corrected chi connectivity index (χ0v) is 11.5. The van der Waals surface area contributed by atoms with Crippen molar-refractivity contribution in [2.45, 2.75) is 37.7 Å². The van der Waals surface area contributed by atoms with Gasteiger partial charge in [0, 0.05) is 16.1 Å². The quantitative estimate of drug-likeness (QED) is 0.845. The molecule has 0 radical (unpaired) electrons. The first-order valence-corrected chi connectivity index (χ1v) is 6.92. The van der Waals surface area contributed by atoms with Crippen molar-refractivity contribution in [2.24, 2.45) is 0 Å². The number of nitrogen functional groups attached to an aromatic ring is 1. The number of aliphatic hydroxyl groups excluding tert-OH is 1. The number of nitrogens with two attached hydrogens (primary N) is 1. The van der Waals surface area contributed by atoms with Gasteiger partial charge >= 0.3 is 0 Å². The Morgan fingerprint density at radius 3 is 2.78 bits per heavy atom. The lowest BCUT2D eigenvalue weighted by Gasteiger charge is -2.24. The maximum atomic E-state index is 9.57. The van der Waals surface area contributed by atoms with Crippen molar-refractivity contribution in [2.75, 3.05) is 5.73 Å². The van der Waals surface area contributed by atoms with E-state index < -0.39 is 0 Å². The standard InChI is InChI=1S/C12H15BrN4O/c13-9-5-10(7-1-3-8(18)4-2-7)17-11(9)12(14)15-6-16-17/h5-8,18H,1-4H2,(H2,14,15,16). The van der Waals surface area contributed by atoms with Crippen molar-refractivity contribution >= 4 is 27.3 Å². The summed E-state index contributed by atoms with van der Waals surface area (Å²) in [4.78, 5) is 4.01. The highest BCUT2D eigenvalue weighted by Crippen LogP contribution is 2.36. The topological polar surface area (TPSA) is 76.4 Å². The molecule has 1 aliphatic carbocycles. The molecular formula is C12H15BrN4O. The van der Waals surface area contributed by atoms with Gasteiger partial charge in [-0.25, -0.2) is 9.50 Å². The number of rotatable bonds is 1. The Kier molecular flexibility index (Phi) is 2.99. The molecule has 3 rings (SSSR count). The van der Waals surface area contributed by atoms with E-state index in [2.05, 4.69) is 32.1 Å². The summed E-state index contributed by atoms with van der Waals surface area (Å²) in [5.74, 6) is 0.917. The van der Waals surface area contributed by atoms with Crippen LogP contribution in [0.3, 0.4) is 0 Å². The molecule has 1 aliphatic rings. The molecule has 0 unspecified atom stereocenters. The van der Waals surface area contributed by atoms with Crippen LogP contribution in [0.15, 0.2) is 16.9 Å². The molecule has 2 aromatic rings. The predicted molar refractivity (Wildman–Crippen MR) is 72.3 cm³/mol. The highest BCUT2D eigenvalue weighted by atomic mass is 79.9. The van der Waals surface area contributed by atoms with Crippen LogP contribution < -0.4 is 5.73 Å². The van der Waals surface area contributed by atoms with E-state index in [1.807, 2.05) is 4.52 Å². The van der Waals surface area contributed by atoms with Crippen LogP contribution in [0.25, 0.3) is 5.52 Å². The molecule has 3 N–H and O–H groups in total. The molecule has 2 aromatic heterocycles. The second-order valence-electron chi connectivity index (χ2n) is 4.83. The van der Waals surface area contributed by atoms with Gasteiger partial charge in [0.1, 0.15) is 11.8 Å². The average molecular weight is 311 g/mol. The first kappa shape index (κ1) is 11.9. The maximum absolute atomic E-state index is 9.57. The SMILES string of the molecule is Nc1ncnn2c(C3CCC(O)CC3)cc(Br)c12. The van der Waals surface area contributed by atoms with Crippen LogP contribution in [-0.2, 0) is 0 Å². The number of fused-ring (bicyclic) bond motifs is 1. The third-order valence-electron chi connectivity index (χ3n) is 3.68. The van der Waals surface area contributed by atoms with Crippen molar-refractivity contribution < 1.29 is 5.11 Å². The molecule has 18 heavy (non-hydrogen) atoms. The van der Waals surface area contributed by atoms with Crippen molar-refractivity contribution in [1.82, 2.24) is 14.6 Å². The zero-order valence-electron chi connectivity index (χ0n) is 9.88. The Hall–Kier alpha value is -1.14. The molecule has 96 valence electrons. The summed E-state index contributed by atoms with van der Waals surface area (Å²) in [6.07, 6.45) is 5.03. The predicted octanol–water partition coefficient (Wildman–Crippen LogP) is 2.09. The second-order valence-corrected chi connectivity index (χ2v) is 5.68. The van der Waals surface area contributed by atoms with Gasteiger partial charge in [-0.05, 0) is 47.7 Å². The highest BCUT2D eigenvalue weighted by molar-refractivity contribution is 9.10. The lowest BCUT2D eigenvalue weighted by Crippen LogP contribution is -2.18. The lowest BCUT2D eigenvalue weighted by atomic mass is 9.85. The highest BCUT2D eigenvalue weighted by Gasteiger charge is 2.24. The third kappa shape index (κ3) is 1.89. The Bertz CT molecular complexity index is 575. The van der Waals surface area contributed by atoms with Crippen LogP contribution in [0.1, 0.15) is 37.3 Å². The number of hydrogen-bond acceptors (Lipinski definition) is 4. The molecule has 0 atom stereocenters. The number of anilines is 1. The fourth-order valence-electron chi connectivity index (χ4n) is 2.71. The van der Waals surface area contributed by atoms with Crippen LogP contribution in [0, 0.1) is 0 Å². The van der Waals surface area contributed by atoms with Crippen LogP contribution in [0.2, 0.25) is 0 Å². The van der Waals surface area contributed by atoms with E-state index in [9.17, 15) is 5.11 Å². The molecule has 2 heterocycles. The minimum Gasteiger partial charge on any atom is -0.393 e. The Morgan fingerprint density at radius 1 is 1.33 bits per heavy atom. The molecule has 1 fully saturated rings. The van der Waals surface area contributed by atoms with Gasteiger partial charge in [0.25, 0.3) is 0 Å².